The molecule has 0 saturated carbocycles. The number of hydrogen-bond acceptors (Lipinski definition) is 3. The van der Waals surface area contributed by atoms with E-state index >= 15 is 0 Å². The molecule has 3 aromatic rings. The molecular weight excluding hydrogens is 466 g/mol. The summed E-state index contributed by atoms with van der Waals surface area (Å²) in [5.41, 5.74) is 2.55. The minimum absolute atomic E-state index is 0.0541. The lowest BCUT2D eigenvalue weighted by molar-refractivity contribution is -0.115. The van der Waals surface area contributed by atoms with Gasteiger partial charge in [-0.3, -0.25) is 4.79 Å². The molecule has 7 heteroatoms. The summed E-state index contributed by atoms with van der Waals surface area (Å²) in [7, 11) is 0. The van der Waals surface area contributed by atoms with Gasteiger partial charge in [0, 0.05) is 20.7 Å². The Labute approximate surface area is 188 Å². The van der Waals surface area contributed by atoms with Gasteiger partial charge in [-0.15, -0.1) is 11.8 Å². The number of rotatable bonds is 6. The van der Waals surface area contributed by atoms with Crippen molar-refractivity contribution >= 4 is 68.0 Å². The highest BCUT2D eigenvalue weighted by Crippen LogP contribution is 2.28. The largest absolute Gasteiger partial charge is 0.332 e. The van der Waals surface area contributed by atoms with Crippen LogP contribution in [0, 0.1) is 0 Å². The molecule has 148 valence electrons. The Morgan fingerprint density at radius 2 is 1.55 bits per heavy atom. The van der Waals surface area contributed by atoms with Crippen molar-refractivity contribution < 1.29 is 4.79 Å². The van der Waals surface area contributed by atoms with E-state index in [1.54, 1.807) is 0 Å². The van der Waals surface area contributed by atoms with Crippen LogP contribution in [0.5, 0.6) is 0 Å². The molecular formula is C22H20BrN3OS2. The van der Waals surface area contributed by atoms with Crippen molar-refractivity contribution in [2.45, 2.75) is 17.1 Å². The van der Waals surface area contributed by atoms with E-state index < -0.39 is 0 Å². The maximum atomic E-state index is 12.5. The van der Waals surface area contributed by atoms with Crippen molar-refractivity contribution in [1.29, 1.82) is 0 Å². The average Bonchev–Trinajstić information content (AvgIpc) is 2.70. The van der Waals surface area contributed by atoms with E-state index in [1.165, 1.54) is 11.8 Å². The maximum Gasteiger partial charge on any atom is 0.237 e. The number of halogens is 1. The molecule has 4 nitrogen and oxygen atoms in total. The molecule has 29 heavy (non-hydrogen) atoms. The highest BCUT2D eigenvalue weighted by Gasteiger charge is 2.16. The lowest BCUT2D eigenvalue weighted by Gasteiger charge is -2.14. The quantitative estimate of drug-likeness (QED) is 0.279. The molecule has 0 spiro atoms. The lowest BCUT2D eigenvalue weighted by atomic mass is 10.3. The normalized spacial score (nSPS) is 11.4. The van der Waals surface area contributed by atoms with Gasteiger partial charge >= 0.3 is 0 Å². The minimum Gasteiger partial charge on any atom is -0.332 e. The van der Waals surface area contributed by atoms with E-state index in [4.69, 9.17) is 12.2 Å². The first kappa shape index (κ1) is 21.4. The Morgan fingerprint density at radius 1 is 0.897 bits per heavy atom. The van der Waals surface area contributed by atoms with E-state index in [0.717, 1.165) is 26.4 Å². The second kappa shape index (κ2) is 10.4. The zero-order valence-corrected chi connectivity index (χ0v) is 18.9. The fraction of sp³-hybridized carbons (Fsp3) is 0.0909. The summed E-state index contributed by atoms with van der Waals surface area (Å²) in [5, 5.41) is 9.53. The summed E-state index contributed by atoms with van der Waals surface area (Å²) in [6.45, 7) is 1.89. The van der Waals surface area contributed by atoms with Crippen molar-refractivity contribution in [1.82, 2.24) is 0 Å². The van der Waals surface area contributed by atoms with E-state index in [0.29, 0.717) is 5.11 Å². The summed E-state index contributed by atoms with van der Waals surface area (Å²) in [5.74, 6) is -0.0541. The number of para-hydroxylation sites is 2. The second-order valence-corrected chi connectivity index (χ2v) is 8.88. The number of anilines is 3. The first-order chi connectivity index (χ1) is 14.0. The van der Waals surface area contributed by atoms with Gasteiger partial charge in [-0.1, -0.05) is 36.4 Å². The molecule has 3 aromatic carbocycles. The molecule has 0 heterocycles. The monoisotopic (exact) mass is 485 g/mol. The van der Waals surface area contributed by atoms with Crippen LogP contribution >= 0.6 is 39.9 Å². The standard InChI is InChI=1S/C22H20BrN3OS2/c1-15(21(27)26-20-13-6-5-12-19(20)23)29-18-11-7-10-17(14-18)25-22(28)24-16-8-3-2-4-9-16/h2-15H,1H3,(H,26,27)(H2,24,25,28). The Balaban J connectivity index is 1.58. The number of thiocarbonyl (C=S) groups is 1. The lowest BCUT2D eigenvalue weighted by Crippen LogP contribution is -2.22. The molecule has 0 aliphatic heterocycles. The minimum atomic E-state index is -0.258. The van der Waals surface area contributed by atoms with Crippen molar-refractivity contribution in [2.75, 3.05) is 16.0 Å². The summed E-state index contributed by atoms with van der Waals surface area (Å²) >= 11 is 10.3. The predicted molar refractivity (Wildman–Crippen MR) is 131 cm³/mol. The number of amides is 1. The first-order valence-corrected chi connectivity index (χ1v) is 11.0. The molecule has 1 unspecified atom stereocenters. The van der Waals surface area contributed by atoms with Crippen LogP contribution in [0.3, 0.4) is 0 Å². The van der Waals surface area contributed by atoms with Crippen LogP contribution in [0.25, 0.3) is 0 Å². The van der Waals surface area contributed by atoms with E-state index in [9.17, 15) is 4.79 Å². The van der Waals surface area contributed by atoms with Gasteiger partial charge in [-0.05, 0) is 77.5 Å². The number of thioether (sulfide) groups is 1. The third-order valence-electron chi connectivity index (χ3n) is 3.94. The van der Waals surface area contributed by atoms with Gasteiger partial charge < -0.3 is 16.0 Å². The van der Waals surface area contributed by atoms with Gasteiger partial charge in [-0.2, -0.15) is 0 Å². The molecule has 1 atom stereocenters. The number of hydrogen-bond donors (Lipinski definition) is 3. The fourth-order valence-electron chi connectivity index (χ4n) is 2.52. The van der Waals surface area contributed by atoms with Gasteiger partial charge in [0.05, 0.1) is 10.9 Å². The SMILES string of the molecule is CC(Sc1cccc(NC(=S)Nc2ccccc2)c1)C(=O)Nc1ccccc1Br. The van der Waals surface area contributed by atoms with Crippen LogP contribution in [-0.4, -0.2) is 16.3 Å². The Hall–Kier alpha value is -2.35. The zero-order valence-electron chi connectivity index (χ0n) is 15.7. The summed E-state index contributed by atoms with van der Waals surface area (Å²) < 4.78 is 0.858. The molecule has 1 amide bonds. The van der Waals surface area contributed by atoms with Crippen LogP contribution < -0.4 is 16.0 Å². The Morgan fingerprint density at radius 3 is 2.31 bits per heavy atom. The van der Waals surface area contributed by atoms with Gasteiger partial charge in [-0.25, -0.2) is 0 Å². The van der Waals surface area contributed by atoms with Crippen LogP contribution in [0.15, 0.2) is 88.2 Å². The van der Waals surface area contributed by atoms with Crippen molar-refractivity contribution in [3.05, 3.63) is 83.3 Å². The third kappa shape index (κ3) is 6.59. The Bertz CT molecular complexity index is 998. The molecule has 3 rings (SSSR count). The predicted octanol–water partition coefficient (Wildman–Crippen LogP) is 6.38. The van der Waals surface area contributed by atoms with Crippen molar-refractivity contribution in [2.24, 2.45) is 0 Å². The maximum absolute atomic E-state index is 12.5. The molecule has 0 saturated heterocycles. The third-order valence-corrected chi connectivity index (χ3v) is 5.93. The van der Waals surface area contributed by atoms with Crippen molar-refractivity contribution in [3.63, 3.8) is 0 Å². The number of carbonyl (C=O) groups is 1. The summed E-state index contributed by atoms with van der Waals surface area (Å²) in [6.07, 6.45) is 0. The van der Waals surface area contributed by atoms with Crippen molar-refractivity contribution in [3.8, 4) is 0 Å². The van der Waals surface area contributed by atoms with E-state index in [2.05, 4.69) is 31.9 Å². The van der Waals surface area contributed by atoms with Crippen LogP contribution in [0.1, 0.15) is 6.92 Å². The average molecular weight is 486 g/mol. The van der Waals surface area contributed by atoms with Crippen LogP contribution in [0.4, 0.5) is 17.1 Å². The Kier molecular flexibility index (Phi) is 7.69. The van der Waals surface area contributed by atoms with Crippen LogP contribution in [-0.2, 0) is 4.79 Å². The molecule has 0 bridgehead atoms. The molecule has 0 fully saturated rings. The highest BCUT2D eigenvalue weighted by molar-refractivity contribution is 9.10. The highest BCUT2D eigenvalue weighted by atomic mass is 79.9. The molecule has 0 aliphatic rings. The van der Waals surface area contributed by atoms with Gasteiger partial charge in [0.25, 0.3) is 0 Å². The van der Waals surface area contributed by atoms with Gasteiger partial charge in [0.2, 0.25) is 5.91 Å². The molecule has 0 radical (unpaired) electrons. The number of nitrogens with one attached hydrogen (secondary N) is 3. The zero-order chi connectivity index (χ0) is 20.6. The smallest absolute Gasteiger partial charge is 0.237 e. The molecule has 3 N–H and O–H groups in total. The first-order valence-electron chi connectivity index (χ1n) is 8.96. The topological polar surface area (TPSA) is 53.2 Å². The second-order valence-electron chi connectivity index (χ2n) is 6.20. The molecule has 0 aliphatic carbocycles. The molecule has 0 aromatic heterocycles. The van der Waals surface area contributed by atoms with E-state index in [-0.39, 0.29) is 11.2 Å². The number of benzene rings is 3. The fourth-order valence-corrected chi connectivity index (χ4v) is 4.06. The van der Waals surface area contributed by atoms with Crippen LogP contribution in [0.2, 0.25) is 0 Å². The number of carbonyl (C=O) groups excluding carboxylic acids is 1. The van der Waals surface area contributed by atoms with E-state index in [1.807, 2.05) is 85.8 Å². The van der Waals surface area contributed by atoms with Gasteiger partial charge in [0.1, 0.15) is 0 Å². The van der Waals surface area contributed by atoms with Gasteiger partial charge in [0.15, 0.2) is 5.11 Å². The summed E-state index contributed by atoms with van der Waals surface area (Å²) in [6, 6.07) is 25.1. The summed E-state index contributed by atoms with van der Waals surface area (Å²) in [4.78, 5) is 13.5.